The average molecular weight is 1870 g/mol. The zero-order valence-corrected chi connectivity index (χ0v) is 83.9. The van der Waals surface area contributed by atoms with E-state index < -0.39 is 88.5 Å². The van der Waals surface area contributed by atoms with Gasteiger partial charge in [0, 0.05) is 111 Å². The van der Waals surface area contributed by atoms with Gasteiger partial charge in [0.05, 0.1) is 26.4 Å². The molecule has 12 N–H and O–H groups in total. The molecule has 0 aromatic carbocycles. The van der Waals surface area contributed by atoms with Crippen LogP contribution in [0, 0.1) is 47.3 Å². The van der Waals surface area contributed by atoms with Crippen molar-refractivity contribution in [3.63, 3.8) is 0 Å². The molecular formula is C104H192N8O20. The first kappa shape index (κ1) is 124. The van der Waals surface area contributed by atoms with Crippen molar-refractivity contribution in [2.45, 2.75) is 374 Å². The van der Waals surface area contributed by atoms with Crippen molar-refractivity contribution < 1.29 is 97.8 Å². The number of aliphatic hydroxyl groups excluding tert-OH is 7. The van der Waals surface area contributed by atoms with E-state index in [1.54, 1.807) is 13.8 Å². The van der Waals surface area contributed by atoms with E-state index >= 15 is 0 Å². The lowest BCUT2D eigenvalue weighted by atomic mass is 9.66. The van der Waals surface area contributed by atoms with Gasteiger partial charge in [-0.05, 0) is 158 Å². The molecule has 0 saturated carbocycles. The molecule has 1 aliphatic heterocycles. The second-order valence-corrected chi connectivity index (χ2v) is 37.2. The summed E-state index contributed by atoms with van der Waals surface area (Å²) in [5.74, 6) is 6.02. The molecule has 2 aliphatic carbocycles. The minimum atomic E-state index is -1.34. The van der Waals surface area contributed by atoms with Crippen LogP contribution < -0.4 is 26.6 Å². The number of cyclic esters (lactones) is 2. The fraction of sp³-hybridized carbons (Fsp3) is 0.846. The Hall–Kier alpha value is -6.08. The number of aliphatic hydroxyl groups is 7. The molecule has 12 unspecified atom stereocenters. The van der Waals surface area contributed by atoms with Crippen LogP contribution in [0.4, 0.5) is 19.2 Å². The molecule has 12 atom stereocenters. The van der Waals surface area contributed by atoms with E-state index in [0.717, 1.165) is 131 Å². The maximum Gasteiger partial charge on any atom is 0.508 e. The summed E-state index contributed by atoms with van der Waals surface area (Å²) in [7, 11) is 3.35. The van der Waals surface area contributed by atoms with Crippen LogP contribution >= 0.6 is 0 Å². The van der Waals surface area contributed by atoms with Crippen molar-refractivity contribution in [2.24, 2.45) is 47.3 Å². The number of carbonyl (C=O) groups excluding carboxylic acids is 8. The molecule has 0 spiro atoms. The number of carbonyl (C=O) groups is 8. The number of Topliss-reactive ketones (excluding diaryl/α,β-unsaturated/α-hetero) is 2. The van der Waals surface area contributed by atoms with Crippen LogP contribution in [0.1, 0.15) is 350 Å². The Labute approximate surface area is 798 Å². The average Bonchev–Trinajstić information content (AvgIpc) is 1.47. The largest absolute Gasteiger partial charge is 0.508 e. The molecule has 0 aromatic heterocycles. The van der Waals surface area contributed by atoms with Gasteiger partial charge in [-0.2, -0.15) is 0 Å². The van der Waals surface area contributed by atoms with Gasteiger partial charge < -0.3 is 110 Å². The van der Waals surface area contributed by atoms with Gasteiger partial charge in [0.25, 0.3) is 0 Å². The van der Waals surface area contributed by atoms with E-state index in [0.29, 0.717) is 72.9 Å². The first-order valence-corrected chi connectivity index (χ1v) is 52.4. The molecule has 132 heavy (non-hydrogen) atoms. The second-order valence-electron chi connectivity index (χ2n) is 37.2. The van der Waals surface area contributed by atoms with Gasteiger partial charge in [-0.1, -0.05) is 269 Å². The fourth-order valence-corrected chi connectivity index (χ4v) is 17.4. The Balaban J connectivity index is 0.00000129. The molecule has 0 radical (unpaired) electrons. The van der Waals surface area contributed by atoms with Crippen LogP contribution in [0.5, 0.6) is 0 Å². The van der Waals surface area contributed by atoms with E-state index in [-0.39, 0.29) is 64.3 Å². The summed E-state index contributed by atoms with van der Waals surface area (Å²) >= 11 is 0. The number of likely N-dealkylation sites (N-methyl/N-ethyl adjacent to an activating group) is 2. The molecule has 0 aromatic rings. The fourth-order valence-electron chi connectivity index (χ4n) is 17.4. The van der Waals surface area contributed by atoms with Crippen molar-refractivity contribution in [1.82, 2.24) is 41.3 Å². The number of hydrogen-bond donors (Lipinski definition) is 12. The third-order valence-corrected chi connectivity index (χ3v) is 25.5. The predicted molar refractivity (Wildman–Crippen MR) is 528 cm³/mol. The van der Waals surface area contributed by atoms with Crippen LogP contribution in [0.2, 0.25) is 0 Å². The lowest BCUT2D eigenvalue weighted by Crippen LogP contribution is -2.47. The summed E-state index contributed by atoms with van der Waals surface area (Å²) in [5.41, 5.74) is 0. The lowest BCUT2D eigenvalue weighted by molar-refractivity contribution is -0.122. The molecule has 1 heterocycles. The predicted octanol–water partition coefficient (Wildman–Crippen LogP) is 17.3. The van der Waals surface area contributed by atoms with E-state index in [9.17, 15) is 63.9 Å². The minimum absolute atomic E-state index is 0.0265. The third-order valence-electron chi connectivity index (χ3n) is 25.5. The number of nitrogens with one attached hydrogen (secondary N) is 5. The zero-order valence-electron chi connectivity index (χ0n) is 83.9. The Bertz CT molecular complexity index is 2970. The molecule has 5 amide bonds. The van der Waals surface area contributed by atoms with Gasteiger partial charge in [0.15, 0.2) is 6.10 Å². The van der Waals surface area contributed by atoms with Crippen LogP contribution in [-0.4, -0.2) is 268 Å². The number of nitrogens with zero attached hydrogens (tertiary/aromatic N) is 3. The minimum Gasteiger partial charge on any atom is -0.447 e. The highest BCUT2D eigenvalue weighted by atomic mass is 16.8. The maximum absolute atomic E-state index is 13.1. The number of ketones is 2. The number of ether oxygens (including phenoxy) is 5. The number of allylic oxidation sites excluding steroid dienone is 8. The molecule has 1 saturated heterocycles. The zero-order chi connectivity index (χ0) is 97.1. The van der Waals surface area contributed by atoms with Crippen molar-refractivity contribution in [3.8, 4) is 0 Å². The lowest BCUT2D eigenvalue weighted by Gasteiger charge is -2.39. The molecule has 28 heteroatoms. The molecule has 768 valence electrons. The maximum atomic E-state index is 13.1. The number of unbranched alkanes of at least 4 members (excludes halogenated alkanes) is 30. The standard InChI is InChI=1S/C56H102N4O14.C44H84N4O2.C4H6O4/c1-5-7-9-14-22-28-52-47(32-31-46(26-19-8-6-2)51(52)29-23-17-12-10-15-20-25-45(3)64)27-21-16-11-13-18-24-30-53(68)57-33-34-59(55(70)73-43-49(66)40-62)37-38-60(56(71)74-44-50(67)41-63)36-35-58(4)54(69)72-42-48(65)39-61;1-5-7-9-14-22-28-43-41(27-21-16-11-13-18-24-30-44(50)48-38-37-47-36-35-46-34-33-45-4)32-31-40(26-19-8-6-2)42(43)29-23-17-12-10-15-20-25-39(3)49;5-1-3-2-7-4(6)8-3/h22,28,31-32,46-52,61-63,65-67H,5-21,23-27,29-30,33-44H2,1-4H3,(H,57,68);22,28,31-32,40-43,45-47H,5-21,23-27,29-30,33-38H2,1-4H3,(H,48,50);3,5H,1-2H2. The number of amides is 5. The Morgan fingerprint density at radius 3 is 1.12 bits per heavy atom. The van der Waals surface area contributed by atoms with Gasteiger partial charge in [-0.3, -0.25) is 9.59 Å². The van der Waals surface area contributed by atoms with Gasteiger partial charge in [-0.25, -0.2) is 19.2 Å². The first-order valence-electron chi connectivity index (χ1n) is 52.4. The van der Waals surface area contributed by atoms with E-state index in [4.69, 9.17) is 24.4 Å². The Morgan fingerprint density at radius 2 is 0.742 bits per heavy atom. The third kappa shape index (κ3) is 67.2. The van der Waals surface area contributed by atoms with E-state index in [2.05, 4.69) is 112 Å². The summed E-state index contributed by atoms with van der Waals surface area (Å²) in [6, 6.07) is 0. The molecule has 3 aliphatic rings. The summed E-state index contributed by atoms with van der Waals surface area (Å²) in [6.45, 7) is 14.1. The van der Waals surface area contributed by atoms with Gasteiger partial charge in [0.1, 0.15) is 56.3 Å². The Morgan fingerprint density at radius 1 is 0.409 bits per heavy atom. The Kier molecular flexibility index (Phi) is 81.2. The monoisotopic (exact) mass is 1870 g/mol. The normalized spacial score (nSPS) is 18.8. The summed E-state index contributed by atoms with van der Waals surface area (Å²) in [4.78, 5) is 99.9. The van der Waals surface area contributed by atoms with Crippen molar-refractivity contribution >= 4 is 47.8 Å². The molecule has 28 nitrogen and oxygen atoms in total. The highest BCUT2D eigenvalue weighted by molar-refractivity contribution is 5.77. The van der Waals surface area contributed by atoms with Gasteiger partial charge in [-0.15, -0.1) is 0 Å². The SMILES string of the molecule is CCCCCC=CC1C(CCCCCCCCC(=O)NCCN(CCN(CCN(C)C(=O)OCC(O)CO)C(=O)OCC(O)CO)C(=O)OCC(O)CO)C=CC(CCCCC)C1CCCCCCCCC(C)=O.CCCCCC=CC1C(CCCCCCCCC(=O)NCCNCCNCCNC)C=CC(CCCCC)C1CCCCCCCCC(C)=O.O=C1OCC(CO)O1. The molecule has 0 bridgehead atoms. The van der Waals surface area contributed by atoms with Gasteiger partial charge in [0.2, 0.25) is 11.8 Å². The molecular weight excluding hydrogens is 1680 g/mol. The van der Waals surface area contributed by atoms with Crippen LogP contribution in [-0.2, 0) is 42.9 Å². The van der Waals surface area contributed by atoms with E-state index in [1.807, 2.05) is 7.05 Å². The number of hydrogen-bond acceptors (Lipinski definition) is 23. The molecule has 3 rings (SSSR count). The topological polar surface area (TPSA) is 394 Å². The van der Waals surface area contributed by atoms with Crippen LogP contribution in [0.3, 0.4) is 0 Å². The van der Waals surface area contributed by atoms with Crippen LogP contribution in [0.25, 0.3) is 0 Å². The molecule has 1 fully saturated rings. The van der Waals surface area contributed by atoms with E-state index in [1.165, 1.54) is 224 Å². The quantitative estimate of drug-likeness (QED) is 0.0116. The summed E-state index contributed by atoms with van der Waals surface area (Å²) in [5, 5.41) is 80.6. The van der Waals surface area contributed by atoms with Crippen molar-refractivity contribution in [1.29, 1.82) is 0 Å². The van der Waals surface area contributed by atoms with Crippen molar-refractivity contribution in [3.05, 3.63) is 48.6 Å². The van der Waals surface area contributed by atoms with Gasteiger partial charge >= 0.3 is 24.4 Å². The smallest absolute Gasteiger partial charge is 0.447 e. The second kappa shape index (κ2) is 86.5. The highest BCUT2D eigenvalue weighted by Crippen LogP contribution is 2.45. The van der Waals surface area contributed by atoms with Crippen molar-refractivity contribution in [2.75, 3.05) is 145 Å². The highest BCUT2D eigenvalue weighted by Gasteiger charge is 2.36. The van der Waals surface area contributed by atoms with Crippen LogP contribution in [0.15, 0.2) is 48.6 Å². The number of rotatable bonds is 82. The summed E-state index contributed by atoms with van der Waals surface area (Å²) < 4.78 is 24.0. The summed E-state index contributed by atoms with van der Waals surface area (Å²) in [6.07, 6.45) is 69.4. The first-order chi connectivity index (χ1) is 64.1.